The van der Waals surface area contributed by atoms with E-state index in [0.717, 1.165) is 38.8 Å². The highest BCUT2D eigenvalue weighted by Crippen LogP contribution is 2.21. The van der Waals surface area contributed by atoms with E-state index in [1.807, 2.05) is 29.2 Å². The number of carbonyl (C=O) groups is 2. The molecule has 1 aromatic rings. The zero-order valence-corrected chi connectivity index (χ0v) is 25.5. The number of benzene rings is 1. The number of para-hydroxylation sites is 1. The molecule has 0 bridgehead atoms. The number of hydrogen-bond acceptors (Lipinski definition) is 2. The van der Waals surface area contributed by atoms with Crippen LogP contribution < -0.4 is 5.32 Å². The average molecular weight is 541 g/mol. The molecule has 0 aliphatic carbocycles. The van der Waals surface area contributed by atoms with Crippen molar-refractivity contribution in [2.75, 3.05) is 18.4 Å². The van der Waals surface area contributed by atoms with E-state index < -0.39 is 0 Å². The fourth-order valence-corrected chi connectivity index (χ4v) is 5.80. The normalized spacial score (nSPS) is 13.8. The van der Waals surface area contributed by atoms with Crippen LogP contribution in [0.1, 0.15) is 171 Å². The molecule has 0 aromatic heterocycles. The van der Waals surface area contributed by atoms with E-state index in [0.29, 0.717) is 17.7 Å². The molecule has 39 heavy (non-hydrogen) atoms. The number of unbranched alkanes of at least 4 members (excludes halogenated alkanes) is 18. The van der Waals surface area contributed by atoms with Crippen LogP contribution in [-0.2, 0) is 4.79 Å². The Morgan fingerprint density at radius 2 is 1.05 bits per heavy atom. The molecule has 2 rings (SSSR count). The molecule has 1 aliphatic heterocycles. The third kappa shape index (κ3) is 16.1. The minimum absolute atomic E-state index is 0.0260. The fraction of sp³-hybridized carbons (Fsp3) is 0.771. The minimum Gasteiger partial charge on any atom is -0.339 e. The number of anilines is 1. The van der Waals surface area contributed by atoms with Gasteiger partial charge in [-0.3, -0.25) is 9.59 Å². The summed E-state index contributed by atoms with van der Waals surface area (Å²) in [6.07, 6.45) is 30.8. The molecule has 4 nitrogen and oxygen atoms in total. The number of rotatable bonds is 22. The lowest BCUT2D eigenvalue weighted by Crippen LogP contribution is -2.32. The number of nitrogens with zero attached hydrogens (tertiary/aromatic N) is 1. The topological polar surface area (TPSA) is 49.4 Å². The summed E-state index contributed by atoms with van der Waals surface area (Å²) in [6.45, 7) is 3.93. The Morgan fingerprint density at radius 3 is 1.54 bits per heavy atom. The Kier molecular flexibility index (Phi) is 19.6. The van der Waals surface area contributed by atoms with Gasteiger partial charge in [0.25, 0.3) is 5.91 Å². The number of carbonyl (C=O) groups excluding carboxylic acids is 2. The number of hydrogen-bond donors (Lipinski definition) is 1. The summed E-state index contributed by atoms with van der Waals surface area (Å²) in [5.74, 6) is 0.0781. The smallest absolute Gasteiger partial charge is 0.255 e. The van der Waals surface area contributed by atoms with Crippen molar-refractivity contribution in [3.05, 3.63) is 29.8 Å². The molecule has 1 fully saturated rings. The summed E-state index contributed by atoms with van der Waals surface area (Å²) in [4.78, 5) is 27.6. The molecule has 222 valence electrons. The third-order valence-corrected chi connectivity index (χ3v) is 8.33. The Labute approximate surface area is 241 Å². The van der Waals surface area contributed by atoms with E-state index in [-0.39, 0.29) is 11.8 Å². The van der Waals surface area contributed by atoms with Gasteiger partial charge in [-0.15, -0.1) is 0 Å². The molecule has 0 radical (unpaired) electrons. The minimum atomic E-state index is 0.0260. The van der Waals surface area contributed by atoms with Crippen molar-refractivity contribution in [2.24, 2.45) is 0 Å². The first kappa shape index (κ1) is 33.4. The first-order chi connectivity index (χ1) is 19.2. The number of nitrogens with one attached hydrogen (secondary N) is 1. The monoisotopic (exact) mass is 540 g/mol. The van der Waals surface area contributed by atoms with Crippen LogP contribution in [0.3, 0.4) is 0 Å². The molecule has 4 heteroatoms. The van der Waals surface area contributed by atoms with Crippen molar-refractivity contribution in [1.82, 2.24) is 4.90 Å². The first-order valence-electron chi connectivity index (χ1n) is 16.9. The summed E-state index contributed by atoms with van der Waals surface area (Å²) in [7, 11) is 0. The molecule has 2 amide bonds. The highest BCUT2D eigenvalue weighted by atomic mass is 16.2. The van der Waals surface area contributed by atoms with Gasteiger partial charge in [-0.1, -0.05) is 147 Å². The summed E-state index contributed by atoms with van der Waals surface area (Å²) >= 11 is 0. The van der Waals surface area contributed by atoms with Crippen LogP contribution in [0, 0.1) is 0 Å². The van der Waals surface area contributed by atoms with Crippen LogP contribution in [0.15, 0.2) is 24.3 Å². The van der Waals surface area contributed by atoms with Crippen LogP contribution >= 0.6 is 0 Å². The van der Waals surface area contributed by atoms with Crippen LogP contribution in [0.25, 0.3) is 0 Å². The molecule has 1 aromatic carbocycles. The van der Waals surface area contributed by atoms with Crippen LogP contribution in [0.5, 0.6) is 0 Å². The second-order valence-corrected chi connectivity index (χ2v) is 11.9. The Hall–Kier alpha value is -1.84. The molecular formula is C35H60N2O2. The Morgan fingerprint density at radius 1 is 0.615 bits per heavy atom. The maximum Gasteiger partial charge on any atom is 0.255 e. The van der Waals surface area contributed by atoms with Crippen molar-refractivity contribution >= 4 is 17.5 Å². The molecule has 1 aliphatic rings. The van der Waals surface area contributed by atoms with Gasteiger partial charge in [0.1, 0.15) is 0 Å². The van der Waals surface area contributed by atoms with Gasteiger partial charge >= 0.3 is 0 Å². The van der Waals surface area contributed by atoms with Gasteiger partial charge in [0.05, 0.1) is 11.3 Å². The fourth-order valence-electron chi connectivity index (χ4n) is 5.80. The summed E-state index contributed by atoms with van der Waals surface area (Å²) in [5.41, 5.74) is 1.29. The highest BCUT2D eigenvalue weighted by Gasteiger charge is 2.20. The highest BCUT2D eigenvalue weighted by molar-refractivity contribution is 6.03. The van der Waals surface area contributed by atoms with Gasteiger partial charge in [-0.25, -0.2) is 0 Å². The standard InChI is InChI=1S/C35H60N2O2/c1-2-3-4-5-6-7-8-9-10-11-12-13-14-15-16-17-18-19-22-29-34(38)36-33-28-24-23-27-32(33)35(39)37-30-25-20-21-26-31-37/h23-24,27-28H,2-22,25-26,29-31H2,1H3,(H,36,38). The third-order valence-electron chi connectivity index (χ3n) is 8.33. The number of amides is 2. The average Bonchev–Trinajstić information content (AvgIpc) is 3.24. The molecule has 1 N–H and O–H groups in total. The van der Waals surface area contributed by atoms with Crippen LogP contribution in [-0.4, -0.2) is 29.8 Å². The van der Waals surface area contributed by atoms with Gasteiger partial charge in [-0.2, -0.15) is 0 Å². The molecule has 0 unspecified atom stereocenters. The van der Waals surface area contributed by atoms with Crippen LogP contribution in [0.2, 0.25) is 0 Å². The largest absolute Gasteiger partial charge is 0.339 e. The van der Waals surface area contributed by atoms with Gasteiger partial charge < -0.3 is 10.2 Å². The van der Waals surface area contributed by atoms with E-state index in [2.05, 4.69) is 12.2 Å². The summed E-state index contributed by atoms with van der Waals surface area (Å²) in [5, 5.41) is 3.02. The van der Waals surface area contributed by atoms with E-state index in [1.165, 1.54) is 122 Å². The van der Waals surface area contributed by atoms with E-state index in [1.54, 1.807) is 0 Å². The second kappa shape index (κ2) is 22.9. The Bertz CT molecular complexity index is 755. The quantitative estimate of drug-likeness (QED) is 0.149. The van der Waals surface area contributed by atoms with Gasteiger partial charge in [0.2, 0.25) is 5.91 Å². The SMILES string of the molecule is CCCCCCCCCCCCCCCCCCCCCC(=O)Nc1ccccc1C(=O)N1CCCCCC1. The predicted molar refractivity (Wildman–Crippen MR) is 167 cm³/mol. The maximum atomic E-state index is 13.1. The lowest BCUT2D eigenvalue weighted by atomic mass is 10.0. The maximum absolute atomic E-state index is 13.1. The van der Waals surface area contributed by atoms with Crippen molar-refractivity contribution in [1.29, 1.82) is 0 Å². The molecule has 1 heterocycles. The lowest BCUT2D eigenvalue weighted by Gasteiger charge is -2.22. The Balaban J connectivity index is 1.42. The van der Waals surface area contributed by atoms with Crippen molar-refractivity contribution < 1.29 is 9.59 Å². The molecular weight excluding hydrogens is 480 g/mol. The molecule has 0 spiro atoms. The van der Waals surface area contributed by atoms with Crippen molar-refractivity contribution in [3.63, 3.8) is 0 Å². The molecule has 0 saturated carbocycles. The zero-order chi connectivity index (χ0) is 27.8. The van der Waals surface area contributed by atoms with Gasteiger partial charge in [0, 0.05) is 19.5 Å². The summed E-state index contributed by atoms with van der Waals surface area (Å²) in [6, 6.07) is 7.49. The summed E-state index contributed by atoms with van der Waals surface area (Å²) < 4.78 is 0. The molecule has 0 atom stereocenters. The van der Waals surface area contributed by atoms with Gasteiger partial charge in [-0.05, 0) is 31.4 Å². The van der Waals surface area contributed by atoms with E-state index in [9.17, 15) is 9.59 Å². The predicted octanol–water partition coefficient (Wildman–Crippen LogP) is 10.5. The zero-order valence-electron chi connectivity index (χ0n) is 25.5. The molecule has 1 saturated heterocycles. The van der Waals surface area contributed by atoms with Gasteiger partial charge in [0.15, 0.2) is 0 Å². The van der Waals surface area contributed by atoms with Crippen molar-refractivity contribution in [2.45, 2.75) is 161 Å². The lowest BCUT2D eigenvalue weighted by molar-refractivity contribution is -0.116. The van der Waals surface area contributed by atoms with Crippen LogP contribution in [0.4, 0.5) is 5.69 Å². The number of likely N-dealkylation sites (tertiary alicyclic amines) is 1. The first-order valence-corrected chi connectivity index (χ1v) is 16.9. The second-order valence-electron chi connectivity index (χ2n) is 11.9. The van der Waals surface area contributed by atoms with E-state index >= 15 is 0 Å². The van der Waals surface area contributed by atoms with Crippen molar-refractivity contribution in [3.8, 4) is 0 Å². The van der Waals surface area contributed by atoms with E-state index in [4.69, 9.17) is 0 Å².